The van der Waals surface area contributed by atoms with E-state index in [0.717, 1.165) is 10.6 Å². The van der Waals surface area contributed by atoms with Crippen LogP contribution in [0.3, 0.4) is 0 Å². The van der Waals surface area contributed by atoms with Gasteiger partial charge < -0.3 is 10.9 Å². The molecule has 1 rings (SSSR count). The molecule has 0 atom stereocenters. The van der Waals surface area contributed by atoms with Crippen LogP contribution in [0.15, 0.2) is 39.2 Å². The maximum Gasteiger partial charge on any atom is 0.149 e. The summed E-state index contributed by atoms with van der Waals surface area (Å²) in [5.74, 6) is 1.83. The van der Waals surface area contributed by atoms with Crippen LogP contribution in [-0.4, -0.2) is 22.5 Å². The van der Waals surface area contributed by atoms with Gasteiger partial charge in [-0.15, -0.1) is 35.9 Å². The van der Waals surface area contributed by atoms with Crippen LogP contribution in [0.4, 0.5) is 0 Å². The molecule has 0 amide bonds. The highest BCUT2D eigenvalue weighted by atomic mass is 35.5. The Morgan fingerprint density at radius 3 is 2.19 bits per heavy atom. The second kappa shape index (κ2) is 8.61. The first-order chi connectivity index (χ1) is 7.26. The van der Waals surface area contributed by atoms with Crippen LogP contribution >= 0.6 is 35.9 Å². The first-order valence-corrected chi connectivity index (χ1v) is 6.55. The number of hydrogen-bond acceptors (Lipinski definition) is 4. The van der Waals surface area contributed by atoms with Crippen LogP contribution in [0.25, 0.3) is 0 Å². The molecule has 0 spiro atoms. The maximum atomic E-state index is 8.37. The van der Waals surface area contributed by atoms with E-state index < -0.39 is 0 Å². The summed E-state index contributed by atoms with van der Waals surface area (Å²) in [5.41, 5.74) is 5.37. The number of hydrogen-bond donors (Lipinski definition) is 2. The molecular weight excluding hydrogens is 264 g/mol. The van der Waals surface area contributed by atoms with E-state index in [-0.39, 0.29) is 18.2 Å². The molecule has 0 aliphatic carbocycles. The van der Waals surface area contributed by atoms with Gasteiger partial charge in [0.15, 0.2) is 0 Å². The van der Waals surface area contributed by atoms with Crippen LogP contribution in [0, 0.1) is 0 Å². The van der Waals surface area contributed by atoms with Crippen molar-refractivity contribution in [2.75, 3.05) is 11.5 Å². The number of oxime groups is 1. The summed E-state index contributed by atoms with van der Waals surface area (Å²) in [7, 11) is 0. The SMILES string of the molecule is CCSc1ccc(SC/C(N)=N\O)cc1.Cl. The summed E-state index contributed by atoms with van der Waals surface area (Å²) in [4.78, 5) is 2.40. The number of benzene rings is 1. The van der Waals surface area contributed by atoms with Gasteiger partial charge in [-0.1, -0.05) is 12.1 Å². The van der Waals surface area contributed by atoms with Crippen molar-refractivity contribution in [3.63, 3.8) is 0 Å². The fraction of sp³-hybridized carbons (Fsp3) is 0.300. The Balaban J connectivity index is 0.00000225. The molecule has 0 aliphatic rings. The van der Waals surface area contributed by atoms with Crippen molar-refractivity contribution >= 4 is 41.8 Å². The van der Waals surface area contributed by atoms with Crippen LogP contribution in [0.1, 0.15) is 6.92 Å². The summed E-state index contributed by atoms with van der Waals surface area (Å²) in [6.45, 7) is 2.13. The highest BCUT2D eigenvalue weighted by Crippen LogP contribution is 2.23. The van der Waals surface area contributed by atoms with Gasteiger partial charge in [0.1, 0.15) is 5.84 Å². The van der Waals surface area contributed by atoms with Crippen LogP contribution in [0.5, 0.6) is 0 Å². The predicted octanol–water partition coefficient (Wildman–Crippen LogP) is 3.06. The minimum Gasteiger partial charge on any atom is -0.409 e. The lowest BCUT2D eigenvalue weighted by atomic mass is 10.4. The van der Waals surface area contributed by atoms with Crippen molar-refractivity contribution in [1.82, 2.24) is 0 Å². The summed E-state index contributed by atoms with van der Waals surface area (Å²) in [6, 6.07) is 8.27. The third-order valence-electron chi connectivity index (χ3n) is 1.65. The van der Waals surface area contributed by atoms with Gasteiger partial charge in [0.05, 0.1) is 5.75 Å². The molecule has 0 saturated heterocycles. The molecule has 1 aromatic carbocycles. The van der Waals surface area contributed by atoms with E-state index in [9.17, 15) is 0 Å². The predicted molar refractivity (Wildman–Crippen MR) is 74.2 cm³/mol. The van der Waals surface area contributed by atoms with E-state index in [2.05, 4.69) is 24.2 Å². The van der Waals surface area contributed by atoms with E-state index in [1.165, 1.54) is 4.90 Å². The molecule has 0 aliphatic heterocycles. The zero-order valence-corrected chi connectivity index (χ0v) is 11.4. The van der Waals surface area contributed by atoms with Crippen molar-refractivity contribution in [3.8, 4) is 0 Å². The van der Waals surface area contributed by atoms with Gasteiger partial charge >= 0.3 is 0 Å². The Bertz CT molecular complexity index is 330. The summed E-state index contributed by atoms with van der Waals surface area (Å²) >= 11 is 3.37. The molecule has 3 N–H and O–H groups in total. The fourth-order valence-electron chi connectivity index (χ4n) is 0.985. The molecule has 0 unspecified atom stereocenters. The van der Waals surface area contributed by atoms with Gasteiger partial charge in [-0.3, -0.25) is 0 Å². The molecular formula is C10H15ClN2OS2. The Kier molecular flexibility index (Phi) is 8.33. The van der Waals surface area contributed by atoms with Gasteiger partial charge in [0.25, 0.3) is 0 Å². The minimum atomic E-state index is 0. The third kappa shape index (κ3) is 5.53. The minimum absolute atomic E-state index is 0. The van der Waals surface area contributed by atoms with Crippen molar-refractivity contribution in [3.05, 3.63) is 24.3 Å². The van der Waals surface area contributed by atoms with Crippen molar-refractivity contribution in [2.45, 2.75) is 16.7 Å². The zero-order chi connectivity index (χ0) is 11.1. The molecule has 0 fully saturated rings. The Hall–Kier alpha value is -0.520. The lowest BCUT2D eigenvalue weighted by Crippen LogP contribution is -2.13. The molecule has 90 valence electrons. The monoisotopic (exact) mass is 278 g/mol. The van der Waals surface area contributed by atoms with Gasteiger partial charge in [0.2, 0.25) is 0 Å². The average molecular weight is 279 g/mol. The summed E-state index contributed by atoms with van der Waals surface area (Å²) in [5, 5.41) is 11.3. The normalized spacial score (nSPS) is 10.9. The lowest BCUT2D eigenvalue weighted by molar-refractivity contribution is 0.318. The molecule has 16 heavy (non-hydrogen) atoms. The molecule has 0 aromatic heterocycles. The van der Waals surface area contributed by atoms with Gasteiger partial charge in [0, 0.05) is 9.79 Å². The van der Waals surface area contributed by atoms with E-state index >= 15 is 0 Å². The number of thioether (sulfide) groups is 2. The Morgan fingerprint density at radius 1 is 1.25 bits per heavy atom. The van der Waals surface area contributed by atoms with Crippen molar-refractivity contribution < 1.29 is 5.21 Å². The molecule has 0 bridgehead atoms. The van der Waals surface area contributed by atoms with E-state index in [1.807, 2.05) is 23.9 Å². The van der Waals surface area contributed by atoms with E-state index in [4.69, 9.17) is 10.9 Å². The number of nitrogens with zero attached hydrogens (tertiary/aromatic N) is 1. The molecule has 0 saturated carbocycles. The highest BCUT2D eigenvalue weighted by molar-refractivity contribution is 8.00. The second-order valence-corrected chi connectivity index (χ2v) is 5.17. The molecule has 1 aromatic rings. The standard InChI is InChI=1S/C10H14N2OS2.ClH/c1-2-14-8-3-5-9(6-4-8)15-7-10(11)12-13;/h3-6,13H,2,7H2,1H3,(H2,11,12);1H. The van der Waals surface area contributed by atoms with E-state index in [1.54, 1.807) is 11.8 Å². The number of amidine groups is 1. The van der Waals surface area contributed by atoms with Crippen LogP contribution in [0.2, 0.25) is 0 Å². The largest absolute Gasteiger partial charge is 0.409 e. The quantitative estimate of drug-likeness (QED) is 0.286. The maximum absolute atomic E-state index is 8.37. The van der Waals surface area contributed by atoms with Gasteiger partial charge in [-0.25, -0.2) is 0 Å². The Labute approximate surface area is 110 Å². The van der Waals surface area contributed by atoms with Gasteiger partial charge in [-0.2, -0.15) is 0 Å². The number of halogens is 1. The topological polar surface area (TPSA) is 58.6 Å². The average Bonchev–Trinajstić information content (AvgIpc) is 2.28. The first kappa shape index (κ1) is 15.5. The number of rotatable bonds is 5. The molecule has 0 radical (unpaired) electrons. The first-order valence-electron chi connectivity index (χ1n) is 4.58. The smallest absolute Gasteiger partial charge is 0.149 e. The molecule has 0 heterocycles. The molecule has 6 heteroatoms. The van der Waals surface area contributed by atoms with Gasteiger partial charge in [-0.05, 0) is 30.0 Å². The second-order valence-electron chi connectivity index (χ2n) is 2.78. The zero-order valence-electron chi connectivity index (χ0n) is 8.92. The molecule has 3 nitrogen and oxygen atoms in total. The van der Waals surface area contributed by atoms with Crippen molar-refractivity contribution in [2.24, 2.45) is 10.9 Å². The third-order valence-corrected chi connectivity index (χ3v) is 3.59. The van der Waals surface area contributed by atoms with Crippen LogP contribution < -0.4 is 5.73 Å². The van der Waals surface area contributed by atoms with Crippen molar-refractivity contribution in [1.29, 1.82) is 0 Å². The fourth-order valence-corrected chi connectivity index (χ4v) is 2.35. The van der Waals surface area contributed by atoms with Crippen LogP contribution in [-0.2, 0) is 0 Å². The Morgan fingerprint density at radius 2 is 1.75 bits per heavy atom. The highest BCUT2D eigenvalue weighted by Gasteiger charge is 1.97. The van der Waals surface area contributed by atoms with E-state index in [0.29, 0.717) is 5.75 Å². The number of nitrogens with two attached hydrogens (primary N) is 1. The summed E-state index contributed by atoms with van der Waals surface area (Å²) in [6.07, 6.45) is 0. The lowest BCUT2D eigenvalue weighted by Gasteiger charge is -2.02. The summed E-state index contributed by atoms with van der Waals surface area (Å²) < 4.78 is 0.